The van der Waals surface area contributed by atoms with Crippen LogP contribution in [0.4, 0.5) is 0 Å². The van der Waals surface area contributed by atoms with E-state index in [1.165, 1.54) is 5.56 Å². The second-order valence-corrected chi connectivity index (χ2v) is 4.60. The van der Waals surface area contributed by atoms with Crippen LogP contribution in [0.2, 0.25) is 0 Å². The molecule has 19 heavy (non-hydrogen) atoms. The molecule has 0 aliphatic carbocycles. The summed E-state index contributed by atoms with van der Waals surface area (Å²) in [7, 11) is 1.66. The Morgan fingerprint density at radius 3 is 2.63 bits per heavy atom. The fourth-order valence-corrected chi connectivity index (χ4v) is 2.07. The van der Waals surface area contributed by atoms with Crippen molar-refractivity contribution in [2.24, 2.45) is 0 Å². The van der Waals surface area contributed by atoms with Gasteiger partial charge < -0.3 is 9.15 Å². The molecular formula is C16H15NO2. The van der Waals surface area contributed by atoms with Crippen molar-refractivity contribution in [2.75, 3.05) is 7.11 Å². The van der Waals surface area contributed by atoms with Gasteiger partial charge in [0.15, 0.2) is 11.5 Å². The van der Waals surface area contributed by atoms with E-state index in [-0.39, 0.29) is 0 Å². The van der Waals surface area contributed by atoms with Gasteiger partial charge in [-0.2, -0.15) is 0 Å². The van der Waals surface area contributed by atoms with Gasteiger partial charge in [0, 0.05) is 6.42 Å². The van der Waals surface area contributed by atoms with Crippen LogP contribution in [0.1, 0.15) is 17.0 Å². The van der Waals surface area contributed by atoms with Gasteiger partial charge in [0.25, 0.3) is 0 Å². The molecule has 0 N–H and O–H groups in total. The number of hydrogen-bond acceptors (Lipinski definition) is 3. The van der Waals surface area contributed by atoms with Crippen molar-refractivity contribution < 1.29 is 9.15 Å². The Kier molecular flexibility index (Phi) is 2.95. The molecule has 1 aromatic heterocycles. The summed E-state index contributed by atoms with van der Waals surface area (Å²) >= 11 is 0. The maximum Gasteiger partial charge on any atom is 0.199 e. The van der Waals surface area contributed by atoms with Crippen molar-refractivity contribution in [3.05, 3.63) is 59.5 Å². The lowest BCUT2D eigenvalue weighted by Gasteiger charge is -2.00. The zero-order valence-corrected chi connectivity index (χ0v) is 11.0. The Bertz CT molecular complexity index is 698. The second kappa shape index (κ2) is 4.76. The first-order chi connectivity index (χ1) is 9.24. The zero-order chi connectivity index (χ0) is 13.2. The average molecular weight is 253 g/mol. The first-order valence-corrected chi connectivity index (χ1v) is 6.23. The monoisotopic (exact) mass is 253 g/mol. The minimum Gasteiger partial charge on any atom is -0.497 e. The number of oxazole rings is 1. The molecule has 2 aromatic carbocycles. The van der Waals surface area contributed by atoms with Crippen LogP contribution in [0.25, 0.3) is 11.1 Å². The third-order valence-corrected chi connectivity index (χ3v) is 3.10. The van der Waals surface area contributed by atoms with Gasteiger partial charge in [-0.15, -0.1) is 0 Å². The second-order valence-electron chi connectivity index (χ2n) is 4.60. The largest absolute Gasteiger partial charge is 0.497 e. The predicted molar refractivity (Wildman–Crippen MR) is 74.5 cm³/mol. The fourth-order valence-electron chi connectivity index (χ4n) is 2.07. The highest BCUT2D eigenvalue weighted by Gasteiger charge is 2.06. The maximum absolute atomic E-state index is 5.77. The molecule has 0 saturated carbocycles. The summed E-state index contributed by atoms with van der Waals surface area (Å²) in [5.41, 5.74) is 4.10. The fraction of sp³-hybridized carbons (Fsp3) is 0.188. The maximum atomic E-state index is 5.77. The molecule has 0 unspecified atom stereocenters. The Balaban J connectivity index is 1.87. The van der Waals surface area contributed by atoms with Crippen LogP contribution in [0, 0.1) is 6.92 Å². The minimum atomic E-state index is 0.692. The Morgan fingerprint density at radius 2 is 1.89 bits per heavy atom. The number of fused-ring (bicyclic) bond motifs is 1. The van der Waals surface area contributed by atoms with E-state index in [2.05, 4.69) is 4.98 Å². The molecule has 3 rings (SSSR count). The number of aromatic nitrogens is 1. The van der Waals surface area contributed by atoms with Crippen LogP contribution in [-0.4, -0.2) is 12.1 Å². The van der Waals surface area contributed by atoms with Crippen molar-refractivity contribution in [3.8, 4) is 5.75 Å². The number of aryl methyl sites for hydroxylation is 1. The van der Waals surface area contributed by atoms with Crippen LogP contribution in [0.3, 0.4) is 0 Å². The number of nitrogens with zero attached hydrogens (tertiary/aromatic N) is 1. The lowest BCUT2D eigenvalue weighted by molar-refractivity contribution is 0.414. The topological polar surface area (TPSA) is 35.3 Å². The summed E-state index contributed by atoms with van der Waals surface area (Å²) in [6.45, 7) is 2.05. The van der Waals surface area contributed by atoms with Crippen LogP contribution in [0.5, 0.6) is 5.75 Å². The van der Waals surface area contributed by atoms with E-state index in [1.807, 2.05) is 49.4 Å². The molecule has 0 spiro atoms. The van der Waals surface area contributed by atoms with E-state index >= 15 is 0 Å². The molecule has 3 nitrogen and oxygen atoms in total. The van der Waals surface area contributed by atoms with E-state index in [0.717, 1.165) is 28.3 Å². The van der Waals surface area contributed by atoms with E-state index in [9.17, 15) is 0 Å². The number of rotatable bonds is 3. The summed E-state index contributed by atoms with van der Waals surface area (Å²) in [5, 5.41) is 0. The summed E-state index contributed by atoms with van der Waals surface area (Å²) < 4.78 is 10.9. The summed E-state index contributed by atoms with van der Waals surface area (Å²) in [5.74, 6) is 1.60. The van der Waals surface area contributed by atoms with Crippen molar-refractivity contribution in [1.82, 2.24) is 4.98 Å². The molecule has 0 aliphatic rings. The molecule has 0 aliphatic heterocycles. The summed E-state index contributed by atoms with van der Waals surface area (Å²) in [4.78, 5) is 4.49. The lowest BCUT2D eigenvalue weighted by Crippen LogP contribution is -1.88. The van der Waals surface area contributed by atoms with Gasteiger partial charge in [-0.05, 0) is 42.3 Å². The van der Waals surface area contributed by atoms with Gasteiger partial charge in [0.1, 0.15) is 11.3 Å². The highest BCUT2D eigenvalue weighted by atomic mass is 16.5. The van der Waals surface area contributed by atoms with Crippen LogP contribution >= 0.6 is 0 Å². The molecule has 0 saturated heterocycles. The Hall–Kier alpha value is -2.29. The zero-order valence-electron chi connectivity index (χ0n) is 11.0. The third kappa shape index (κ3) is 2.45. The van der Waals surface area contributed by atoms with E-state index in [0.29, 0.717) is 6.42 Å². The Labute approximate surface area is 111 Å². The molecule has 3 heteroatoms. The summed E-state index contributed by atoms with van der Waals surface area (Å²) in [6.07, 6.45) is 0.692. The van der Waals surface area contributed by atoms with Gasteiger partial charge in [-0.1, -0.05) is 18.2 Å². The van der Waals surface area contributed by atoms with E-state index in [4.69, 9.17) is 9.15 Å². The van der Waals surface area contributed by atoms with Gasteiger partial charge in [-0.25, -0.2) is 4.98 Å². The quantitative estimate of drug-likeness (QED) is 0.713. The molecular weight excluding hydrogens is 238 g/mol. The highest BCUT2D eigenvalue weighted by molar-refractivity contribution is 5.73. The highest BCUT2D eigenvalue weighted by Crippen LogP contribution is 2.20. The molecule has 0 atom stereocenters. The normalized spacial score (nSPS) is 10.8. The third-order valence-electron chi connectivity index (χ3n) is 3.10. The average Bonchev–Trinajstić information content (AvgIpc) is 2.81. The van der Waals surface area contributed by atoms with Gasteiger partial charge in [0.2, 0.25) is 0 Å². The van der Waals surface area contributed by atoms with Gasteiger partial charge in [0.05, 0.1) is 7.11 Å². The van der Waals surface area contributed by atoms with Gasteiger partial charge >= 0.3 is 0 Å². The minimum absolute atomic E-state index is 0.692. The first kappa shape index (κ1) is 11.8. The van der Waals surface area contributed by atoms with Crippen molar-refractivity contribution in [2.45, 2.75) is 13.3 Å². The van der Waals surface area contributed by atoms with Crippen LogP contribution < -0.4 is 4.74 Å². The molecule has 96 valence electrons. The smallest absolute Gasteiger partial charge is 0.199 e. The molecule has 0 fully saturated rings. The van der Waals surface area contributed by atoms with Crippen molar-refractivity contribution in [3.63, 3.8) is 0 Å². The molecule has 0 bridgehead atoms. The standard InChI is InChI=1S/C16H15NO2/c1-11-3-8-14-15(9-11)19-16(17-14)10-12-4-6-13(18-2)7-5-12/h3-9H,10H2,1-2H3. The van der Waals surface area contributed by atoms with E-state index in [1.54, 1.807) is 7.11 Å². The molecule has 0 amide bonds. The lowest BCUT2D eigenvalue weighted by atomic mass is 10.1. The van der Waals surface area contributed by atoms with Gasteiger partial charge in [-0.3, -0.25) is 0 Å². The van der Waals surface area contributed by atoms with Crippen molar-refractivity contribution >= 4 is 11.1 Å². The molecule has 1 heterocycles. The summed E-state index contributed by atoms with van der Waals surface area (Å²) in [6, 6.07) is 14.0. The van der Waals surface area contributed by atoms with E-state index < -0.39 is 0 Å². The van der Waals surface area contributed by atoms with Crippen molar-refractivity contribution in [1.29, 1.82) is 0 Å². The molecule has 3 aromatic rings. The SMILES string of the molecule is COc1ccc(Cc2nc3ccc(C)cc3o2)cc1. The number of ether oxygens (including phenoxy) is 1. The predicted octanol–water partition coefficient (Wildman–Crippen LogP) is 3.74. The Morgan fingerprint density at radius 1 is 1.11 bits per heavy atom. The number of methoxy groups -OCH3 is 1. The van der Waals surface area contributed by atoms with Crippen LogP contribution in [0.15, 0.2) is 46.9 Å². The molecule has 0 radical (unpaired) electrons. The number of hydrogen-bond donors (Lipinski definition) is 0. The number of benzene rings is 2. The van der Waals surface area contributed by atoms with Crippen LogP contribution in [-0.2, 0) is 6.42 Å². The first-order valence-electron chi connectivity index (χ1n) is 6.23.